The highest BCUT2D eigenvalue weighted by Gasteiger charge is 2.40. The number of benzene rings is 3. The summed E-state index contributed by atoms with van der Waals surface area (Å²) in [5.41, 5.74) is 6.86. The van der Waals surface area contributed by atoms with E-state index >= 15 is 0 Å². The van der Waals surface area contributed by atoms with E-state index in [0.29, 0.717) is 19.6 Å². The maximum absolute atomic E-state index is 14.0. The van der Waals surface area contributed by atoms with Crippen LogP contribution in [0, 0.1) is 11.8 Å². The Bertz CT molecular complexity index is 2180. The van der Waals surface area contributed by atoms with Crippen molar-refractivity contribution in [3.05, 3.63) is 108 Å². The topological polar surface area (TPSA) is 159 Å². The van der Waals surface area contributed by atoms with E-state index in [9.17, 15) is 9.59 Å². The normalized spacial score (nSPS) is 22.2. The number of nitrogens with zero attached hydrogens (tertiary/aromatic N) is 4. The van der Waals surface area contributed by atoms with Crippen LogP contribution in [-0.2, 0) is 28.5 Å². The number of amides is 2. The minimum atomic E-state index is -0.607. The summed E-state index contributed by atoms with van der Waals surface area (Å²) < 4.78 is 21.5. The molecule has 2 amide bonds. The van der Waals surface area contributed by atoms with Crippen LogP contribution in [0.2, 0.25) is 0 Å². The molecule has 0 aliphatic carbocycles. The Morgan fingerprint density at radius 2 is 1.45 bits per heavy atom. The van der Waals surface area contributed by atoms with Crippen LogP contribution >= 0.6 is 0 Å². The molecule has 1 unspecified atom stereocenters. The molecule has 0 spiro atoms. The molecule has 9 rings (SSSR count). The van der Waals surface area contributed by atoms with Crippen molar-refractivity contribution in [1.82, 2.24) is 40.4 Å². The van der Waals surface area contributed by atoms with Gasteiger partial charge >= 0.3 is 0 Å². The van der Waals surface area contributed by atoms with E-state index in [1.165, 1.54) is 0 Å². The number of ether oxygens (including phenoxy) is 4. The largest absolute Gasteiger partial charge is 0.346 e. The van der Waals surface area contributed by atoms with Crippen LogP contribution < -0.4 is 10.6 Å². The molecule has 5 atom stereocenters. The Kier molecular flexibility index (Phi) is 10.9. The number of aromatic amines is 2. The monoisotopic (exact) mass is 786 g/mol. The van der Waals surface area contributed by atoms with E-state index in [-0.39, 0.29) is 55.2 Å². The zero-order valence-electron chi connectivity index (χ0n) is 33.0. The number of carbonyl (C=O) groups is 2. The molecule has 4 aliphatic heterocycles. The Morgan fingerprint density at radius 1 is 0.793 bits per heavy atom. The second kappa shape index (κ2) is 16.6. The molecule has 2 aromatic heterocycles. The molecular weight excluding hydrogens is 737 g/mol. The average molecular weight is 787 g/mol. The molecule has 14 heteroatoms. The number of hydrogen-bond acceptors (Lipinski definition) is 10. The summed E-state index contributed by atoms with van der Waals surface area (Å²) in [6, 6.07) is 25.4. The van der Waals surface area contributed by atoms with Gasteiger partial charge in [0.2, 0.25) is 24.6 Å². The van der Waals surface area contributed by atoms with E-state index in [2.05, 4.69) is 76.1 Å². The van der Waals surface area contributed by atoms with E-state index in [1.807, 2.05) is 66.4 Å². The highest BCUT2D eigenvalue weighted by atomic mass is 16.9. The predicted octanol–water partition coefficient (Wildman–Crippen LogP) is 5.88. The Morgan fingerprint density at radius 3 is 2.10 bits per heavy atom. The van der Waals surface area contributed by atoms with Gasteiger partial charge in [-0.15, -0.1) is 0 Å². The van der Waals surface area contributed by atoms with E-state index < -0.39 is 18.9 Å². The SMILES string of the molecule is CC(C)[C@H](NC1OCO1)C(=O)N1CC(C)[C@H](c2ncc(-c3ccc(-c4ccc(-c5c[nH]c([C@@H]6CCCN6C(=O)[C@H](NC6OCO6)c6ccccc6)n5)cc4)cc3)[nH]2)C1. The van der Waals surface area contributed by atoms with Gasteiger partial charge in [0.15, 0.2) is 13.6 Å². The smallest absolute Gasteiger partial charge is 0.245 e. The molecule has 0 bridgehead atoms. The zero-order chi connectivity index (χ0) is 39.8. The van der Waals surface area contributed by atoms with Crippen LogP contribution in [0.25, 0.3) is 33.6 Å². The summed E-state index contributed by atoms with van der Waals surface area (Å²) >= 11 is 0. The number of aromatic nitrogens is 4. The molecule has 6 heterocycles. The summed E-state index contributed by atoms with van der Waals surface area (Å²) in [6.45, 7) is 8.63. The van der Waals surface area contributed by atoms with Gasteiger partial charge in [0.25, 0.3) is 0 Å². The predicted molar refractivity (Wildman–Crippen MR) is 215 cm³/mol. The van der Waals surface area contributed by atoms with Crippen molar-refractivity contribution in [2.45, 2.75) is 70.5 Å². The maximum Gasteiger partial charge on any atom is 0.245 e. The molecule has 3 aromatic carbocycles. The molecule has 4 fully saturated rings. The fourth-order valence-electron chi connectivity index (χ4n) is 8.43. The Labute approximate surface area is 337 Å². The van der Waals surface area contributed by atoms with Gasteiger partial charge in [0, 0.05) is 37.3 Å². The Balaban J connectivity index is 0.833. The molecule has 4 saturated heterocycles. The fourth-order valence-corrected chi connectivity index (χ4v) is 8.43. The molecule has 4 N–H and O–H groups in total. The lowest BCUT2D eigenvalue weighted by Gasteiger charge is -2.34. The number of likely N-dealkylation sites (tertiary alicyclic amines) is 2. The second-order valence-electron chi connectivity index (χ2n) is 16.0. The van der Waals surface area contributed by atoms with Crippen LogP contribution in [0.5, 0.6) is 0 Å². The summed E-state index contributed by atoms with van der Waals surface area (Å²) in [4.78, 5) is 48.1. The van der Waals surface area contributed by atoms with Gasteiger partial charge in [-0.3, -0.25) is 20.2 Å². The van der Waals surface area contributed by atoms with Crippen molar-refractivity contribution in [3.8, 4) is 33.6 Å². The lowest BCUT2D eigenvalue weighted by molar-refractivity contribution is -0.335. The van der Waals surface area contributed by atoms with Crippen LogP contribution in [0.4, 0.5) is 0 Å². The third-order valence-electron chi connectivity index (χ3n) is 11.8. The van der Waals surface area contributed by atoms with Gasteiger partial charge in [-0.2, -0.15) is 0 Å². The minimum absolute atomic E-state index is 0.0303. The first kappa shape index (κ1) is 38.3. The zero-order valence-corrected chi connectivity index (χ0v) is 33.0. The van der Waals surface area contributed by atoms with Gasteiger partial charge in [0.1, 0.15) is 17.7 Å². The van der Waals surface area contributed by atoms with Gasteiger partial charge < -0.3 is 38.7 Å². The summed E-state index contributed by atoms with van der Waals surface area (Å²) in [5, 5.41) is 6.42. The Hall–Kier alpha value is -5.22. The van der Waals surface area contributed by atoms with Crippen molar-refractivity contribution in [3.63, 3.8) is 0 Å². The van der Waals surface area contributed by atoms with E-state index in [1.54, 1.807) is 0 Å². The summed E-state index contributed by atoms with van der Waals surface area (Å²) in [5.74, 6) is 2.17. The number of rotatable bonds is 13. The van der Waals surface area contributed by atoms with Gasteiger partial charge in [-0.25, -0.2) is 9.97 Å². The molecule has 58 heavy (non-hydrogen) atoms. The first-order chi connectivity index (χ1) is 28.3. The van der Waals surface area contributed by atoms with Crippen LogP contribution in [0.15, 0.2) is 91.3 Å². The lowest BCUT2D eigenvalue weighted by Crippen LogP contribution is -2.56. The summed E-state index contributed by atoms with van der Waals surface area (Å²) in [6.07, 6.45) is 4.40. The quantitative estimate of drug-likeness (QED) is 0.114. The van der Waals surface area contributed by atoms with Crippen molar-refractivity contribution in [1.29, 1.82) is 0 Å². The molecule has 14 nitrogen and oxygen atoms in total. The fraction of sp³-hybridized carbons (Fsp3) is 0.409. The summed E-state index contributed by atoms with van der Waals surface area (Å²) in [7, 11) is 0. The first-order valence-corrected chi connectivity index (χ1v) is 20.2. The minimum Gasteiger partial charge on any atom is -0.346 e. The van der Waals surface area contributed by atoms with Crippen molar-refractivity contribution in [2.24, 2.45) is 11.8 Å². The van der Waals surface area contributed by atoms with Gasteiger partial charge in [-0.05, 0) is 46.9 Å². The molecule has 302 valence electrons. The van der Waals surface area contributed by atoms with Crippen molar-refractivity contribution < 1.29 is 28.5 Å². The number of imidazole rings is 2. The molecule has 5 aromatic rings. The van der Waals surface area contributed by atoms with Crippen molar-refractivity contribution >= 4 is 11.8 Å². The highest BCUT2D eigenvalue weighted by molar-refractivity contribution is 5.84. The molecule has 0 radical (unpaired) electrons. The number of nitrogens with one attached hydrogen (secondary N) is 4. The standard InChI is InChI=1S/C44H50N8O6/c1-26(2)37(49-43-55-24-56-43)41(53)51-22-27(3)33(23-51)39-45-20-34(47-39)30-15-11-28(12-16-30)29-13-17-31(18-14-29)35-21-46-40(48-35)36-10-7-19-52(36)42(54)38(50-44-57-25-58-44)32-8-5-4-6-9-32/h4-6,8-9,11-18,20-21,26-27,33,36-38,43-44,49-50H,7,10,19,22-25H2,1-3H3,(H,45,47)(H,46,48)/t27?,33-,36+,37+,38-/m1/s1. The van der Waals surface area contributed by atoms with Crippen LogP contribution in [0.1, 0.15) is 68.8 Å². The third kappa shape index (κ3) is 7.83. The number of H-pyrrole nitrogens is 2. The van der Waals surface area contributed by atoms with Crippen molar-refractivity contribution in [2.75, 3.05) is 33.2 Å². The van der Waals surface area contributed by atoms with Crippen LogP contribution in [-0.4, -0.2) is 93.6 Å². The second-order valence-corrected chi connectivity index (χ2v) is 16.0. The lowest BCUT2D eigenvalue weighted by atomic mass is 9.98. The van der Waals surface area contributed by atoms with E-state index in [0.717, 1.165) is 63.7 Å². The number of carbonyl (C=O) groups excluding carboxylic acids is 2. The average Bonchev–Trinajstić information content (AvgIpc) is 4.04. The molecular formula is C44H50N8O6. The number of hydrogen-bond donors (Lipinski definition) is 4. The molecule has 0 saturated carbocycles. The van der Waals surface area contributed by atoms with Gasteiger partial charge in [0.05, 0.1) is 29.7 Å². The first-order valence-electron chi connectivity index (χ1n) is 20.2. The van der Waals surface area contributed by atoms with E-state index in [4.69, 9.17) is 28.9 Å². The van der Waals surface area contributed by atoms with Crippen LogP contribution in [0.3, 0.4) is 0 Å². The molecule has 4 aliphatic rings. The maximum atomic E-state index is 14.0. The van der Waals surface area contributed by atoms with Gasteiger partial charge in [-0.1, -0.05) is 99.6 Å². The highest BCUT2D eigenvalue weighted by Crippen LogP contribution is 2.36. The third-order valence-corrected chi connectivity index (χ3v) is 11.8.